The topological polar surface area (TPSA) is 110 Å². The standard InChI is InChI=1S/C31H38N2O3S.C2H2O4/c1-23(2)27-22-33-18-7-6-9-28(33)31(27)37-26-13-11-25(12-14-26)36-20-8-17-32(3)19-16-24-10-15-29(34-4)30(21-24)35-5;3-1(4)2(5)6/h6-7,9-15,18,21-23H,8,16-17,19-20H2,1-5H3;(H,3,4)(H,5,6). The molecule has 230 valence electrons. The molecule has 0 amide bonds. The van der Waals surface area contributed by atoms with E-state index in [4.69, 9.17) is 34.0 Å². The second-order valence-electron chi connectivity index (χ2n) is 10.2. The summed E-state index contributed by atoms with van der Waals surface area (Å²) in [5.41, 5.74) is 3.88. The number of ether oxygens (including phenoxy) is 3. The number of rotatable bonds is 13. The molecule has 2 aromatic carbocycles. The molecule has 0 radical (unpaired) electrons. The van der Waals surface area contributed by atoms with E-state index in [-0.39, 0.29) is 0 Å². The van der Waals surface area contributed by atoms with Gasteiger partial charge in [-0.1, -0.05) is 37.7 Å². The van der Waals surface area contributed by atoms with E-state index in [0.29, 0.717) is 12.5 Å². The van der Waals surface area contributed by atoms with E-state index in [2.05, 4.69) is 97.2 Å². The SMILES string of the molecule is COc1ccc(CCN(C)CCCOc2ccc(Sc3c(C(C)C)cn4ccccc34)cc2)cc1OC.O=C(O)C(=O)O. The molecule has 2 aromatic heterocycles. The molecule has 0 saturated carbocycles. The minimum atomic E-state index is -1.82. The number of carboxylic acids is 2. The molecular formula is C33H40N2O7S. The number of benzene rings is 2. The largest absolute Gasteiger partial charge is 0.494 e. The van der Waals surface area contributed by atoms with E-state index in [1.807, 2.05) is 17.8 Å². The summed E-state index contributed by atoms with van der Waals surface area (Å²) in [4.78, 5) is 23.1. The first-order chi connectivity index (χ1) is 20.6. The highest BCUT2D eigenvalue weighted by molar-refractivity contribution is 7.99. The van der Waals surface area contributed by atoms with Crippen LogP contribution in [0, 0.1) is 0 Å². The van der Waals surface area contributed by atoms with Gasteiger partial charge in [-0.2, -0.15) is 0 Å². The molecule has 4 rings (SSSR count). The number of aromatic nitrogens is 1. The molecule has 10 heteroatoms. The lowest BCUT2D eigenvalue weighted by Crippen LogP contribution is -2.23. The molecule has 43 heavy (non-hydrogen) atoms. The van der Waals surface area contributed by atoms with E-state index >= 15 is 0 Å². The first kappa shape index (κ1) is 33.4. The molecule has 0 aliphatic carbocycles. The van der Waals surface area contributed by atoms with E-state index in [1.54, 1.807) is 14.2 Å². The third-order valence-corrected chi connectivity index (χ3v) is 7.85. The fourth-order valence-electron chi connectivity index (χ4n) is 4.35. The summed E-state index contributed by atoms with van der Waals surface area (Å²) >= 11 is 1.83. The summed E-state index contributed by atoms with van der Waals surface area (Å²) in [6, 6.07) is 21.0. The Morgan fingerprint density at radius 1 is 0.930 bits per heavy atom. The smallest absolute Gasteiger partial charge is 0.414 e. The van der Waals surface area contributed by atoms with Crippen LogP contribution in [0.4, 0.5) is 0 Å². The Kier molecular flexibility index (Phi) is 12.8. The van der Waals surface area contributed by atoms with Crippen molar-refractivity contribution in [2.75, 3.05) is 41.0 Å². The lowest BCUT2D eigenvalue weighted by molar-refractivity contribution is -0.159. The van der Waals surface area contributed by atoms with Crippen molar-refractivity contribution in [3.8, 4) is 17.2 Å². The number of aliphatic carboxylic acids is 2. The molecule has 4 aromatic rings. The maximum atomic E-state index is 9.10. The second-order valence-corrected chi connectivity index (χ2v) is 11.3. The van der Waals surface area contributed by atoms with Gasteiger partial charge in [-0.25, -0.2) is 9.59 Å². The number of pyridine rings is 1. The predicted molar refractivity (Wildman–Crippen MR) is 168 cm³/mol. The van der Waals surface area contributed by atoms with Crippen molar-refractivity contribution >= 4 is 29.2 Å². The van der Waals surface area contributed by atoms with Gasteiger partial charge in [0.05, 0.1) is 26.3 Å². The molecule has 0 unspecified atom stereocenters. The number of hydrogen-bond donors (Lipinski definition) is 2. The molecule has 2 heterocycles. The number of nitrogens with zero attached hydrogens (tertiary/aromatic N) is 2. The highest BCUT2D eigenvalue weighted by atomic mass is 32.2. The first-order valence-corrected chi connectivity index (χ1v) is 14.8. The van der Waals surface area contributed by atoms with Gasteiger partial charge in [-0.15, -0.1) is 0 Å². The van der Waals surface area contributed by atoms with Crippen LogP contribution < -0.4 is 14.2 Å². The van der Waals surface area contributed by atoms with Gasteiger partial charge in [0.1, 0.15) is 5.75 Å². The Morgan fingerprint density at radius 2 is 1.63 bits per heavy atom. The van der Waals surface area contributed by atoms with Gasteiger partial charge >= 0.3 is 11.9 Å². The van der Waals surface area contributed by atoms with Crippen LogP contribution in [-0.2, 0) is 16.0 Å². The second kappa shape index (κ2) is 16.5. The molecule has 2 N–H and O–H groups in total. The van der Waals surface area contributed by atoms with E-state index < -0.39 is 11.9 Å². The number of hydrogen-bond acceptors (Lipinski definition) is 7. The zero-order valence-electron chi connectivity index (χ0n) is 25.3. The molecule has 0 fully saturated rings. The van der Waals surface area contributed by atoms with E-state index in [0.717, 1.165) is 43.2 Å². The average Bonchev–Trinajstić information content (AvgIpc) is 3.37. The minimum Gasteiger partial charge on any atom is -0.494 e. The number of carbonyl (C=O) groups is 2. The highest BCUT2D eigenvalue weighted by Gasteiger charge is 2.15. The lowest BCUT2D eigenvalue weighted by Gasteiger charge is -2.17. The van der Waals surface area contributed by atoms with E-state index in [9.17, 15) is 0 Å². The molecule has 0 spiro atoms. The Balaban J connectivity index is 0.000000765. The van der Waals surface area contributed by atoms with Crippen LogP contribution in [0.3, 0.4) is 0 Å². The van der Waals surface area contributed by atoms with Crippen LogP contribution in [0.25, 0.3) is 5.52 Å². The van der Waals surface area contributed by atoms with Crippen LogP contribution in [0.5, 0.6) is 17.2 Å². The fraction of sp³-hybridized carbons (Fsp3) is 0.333. The Bertz CT molecular complexity index is 1470. The van der Waals surface area contributed by atoms with Crippen molar-refractivity contribution in [3.63, 3.8) is 0 Å². The van der Waals surface area contributed by atoms with Crippen LogP contribution in [0.2, 0.25) is 0 Å². The average molecular weight is 609 g/mol. The summed E-state index contributed by atoms with van der Waals surface area (Å²) < 4.78 is 19.0. The van der Waals surface area contributed by atoms with Crippen molar-refractivity contribution < 1.29 is 34.0 Å². The number of methoxy groups -OCH3 is 2. The summed E-state index contributed by atoms with van der Waals surface area (Å²) in [5.74, 6) is -0.708. The summed E-state index contributed by atoms with van der Waals surface area (Å²) in [6.07, 6.45) is 6.32. The summed E-state index contributed by atoms with van der Waals surface area (Å²) in [5, 5.41) is 14.8. The summed E-state index contributed by atoms with van der Waals surface area (Å²) in [6.45, 7) is 7.18. The molecular weight excluding hydrogens is 568 g/mol. The normalized spacial score (nSPS) is 10.9. The molecule has 0 bridgehead atoms. The lowest BCUT2D eigenvalue weighted by atomic mass is 10.1. The van der Waals surface area contributed by atoms with Crippen LogP contribution in [-0.4, -0.2) is 72.4 Å². The zero-order chi connectivity index (χ0) is 31.4. The molecule has 0 aliphatic heterocycles. The third-order valence-electron chi connectivity index (χ3n) is 6.69. The molecule has 9 nitrogen and oxygen atoms in total. The van der Waals surface area contributed by atoms with Gasteiger partial charge in [0, 0.05) is 35.3 Å². The van der Waals surface area contributed by atoms with Crippen molar-refractivity contribution in [3.05, 3.63) is 84.2 Å². The van der Waals surface area contributed by atoms with Crippen LogP contribution in [0.1, 0.15) is 37.3 Å². The number of carboxylic acid groups (broad SMARTS) is 2. The van der Waals surface area contributed by atoms with Crippen LogP contribution in [0.15, 0.2) is 82.8 Å². The summed E-state index contributed by atoms with van der Waals surface area (Å²) in [7, 11) is 5.49. The minimum absolute atomic E-state index is 0.474. The Morgan fingerprint density at radius 3 is 2.26 bits per heavy atom. The van der Waals surface area contributed by atoms with Crippen molar-refractivity contribution in [2.24, 2.45) is 0 Å². The maximum Gasteiger partial charge on any atom is 0.414 e. The highest BCUT2D eigenvalue weighted by Crippen LogP contribution is 2.38. The van der Waals surface area contributed by atoms with E-state index in [1.165, 1.54) is 26.4 Å². The van der Waals surface area contributed by atoms with Crippen molar-refractivity contribution in [2.45, 2.75) is 42.4 Å². The van der Waals surface area contributed by atoms with Gasteiger partial charge in [-0.05, 0) is 85.5 Å². The van der Waals surface area contributed by atoms with Gasteiger partial charge in [0.15, 0.2) is 11.5 Å². The van der Waals surface area contributed by atoms with Crippen molar-refractivity contribution in [1.82, 2.24) is 9.30 Å². The Labute approximate surface area is 257 Å². The fourth-order valence-corrected chi connectivity index (χ4v) is 5.55. The van der Waals surface area contributed by atoms with Gasteiger partial charge in [0.2, 0.25) is 0 Å². The number of likely N-dealkylation sites (N-methyl/N-ethyl adjacent to an activating group) is 1. The quantitative estimate of drug-likeness (QED) is 0.133. The van der Waals surface area contributed by atoms with Crippen LogP contribution >= 0.6 is 11.8 Å². The van der Waals surface area contributed by atoms with Gasteiger partial charge in [0.25, 0.3) is 0 Å². The Hall–Kier alpha value is -4.15. The van der Waals surface area contributed by atoms with Gasteiger partial charge in [-0.3, -0.25) is 0 Å². The maximum absolute atomic E-state index is 9.10. The molecule has 0 atom stereocenters. The van der Waals surface area contributed by atoms with Crippen molar-refractivity contribution in [1.29, 1.82) is 0 Å². The first-order valence-electron chi connectivity index (χ1n) is 14.0. The third kappa shape index (κ3) is 9.97. The zero-order valence-corrected chi connectivity index (χ0v) is 26.1. The number of fused-ring (bicyclic) bond motifs is 1. The predicted octanol–water partition coefficient (Wildman–Crippen LogP) is 6.33. The van der Waals surface area contributed by atoms with Gasteiger partial charge < -0.3 is 33.7 Å². The molecule has 0 aliphatic rings. The monoisotopic (exact) mass is 608 g/mol. The molecule has 0 saturated heterocycles.